The van der Waals surface area contributed by atoms with Crippen molar-refractivity contribution >= 4 is 29.1 Å². The first-order valence-corrected chi connectivity index (χ1v) is 15.1. The molecule has 2 N–H and O–H groups in total. The molecule has 3 aromatic rings. The van der Waals surface area contributed by atoms with E-state index in [2.05, 4.69) is 19.2 Å². The normalized spacial score (nSPS) is 17.6. The molecule has 2 aromatic carbocycles. The molecule has 0 saturated heterocycles. The number of nitrogens with one attached hydrogen (secondary N) is 1. The molecule has 1 fully saturated rings. The Morgan fingerprint density at radius 3 is 2.50 bits per heavy atom. The zero-order chi connectivity index (χ0) is 28.4. The third kappa shape index (κ3) is 6.17. The first kappa shape index (κ1) is 28.1. The first-order chi connectivity index (χ1) is 19.2. The van der Waals surface area contributed by atoms with Crippen molar-refractivity contribution < 1.29 is 19.4 Å². The molecule has 2 aliphatic carbocycles. The number of ether oxygens (including phenoxy) is 1. The Kier molecular flexibility index (Phi) is 8.45. The van der Waals surface area contributed by atoms with Crippen LogP contribution in [0, 0.1) is 18.8 Å². The number of hydrogen-bond acceptors (Lipinski definition) is 5. The number of hydrogen-bond donors (Lipinski definition) is 2. The number of aromatic nitrogens is 1. The third-order valence-corrected chi connectivity index (χ3v) is 9.45. The van der Waals surface area contributed by atoms with Crippen LogP contribution in [0.4, 0.5) is 10.5 Å². The summed E-state index contributed by atoms with van der Waals surface area (Å²) in [5.41, 5.74) is 5.78. The van der Waals surface area contributed by atoms with Crippen LogP contribution in [-0.4, -0.2) is 27.8 Å². The SMILES string of the molecule is Cc1c(CC(C)C)sc(=O)n1Cc1ccc(C(C(=O)Nc2cccc3c2CC(OC(=O)O)C3)C2CCCC2)cc1. The lowest BCUT2D eigenvalue weighted by Crippen LogP contribution is -2.27. The number of thiazole rings is 1. The molecule has 8 heteroatoms. The van der Waals surface area contributed by atoms with Crippen molar-refractivity contribution in [3.8, 4) is 0 Å². The molecule has 1 heterocycles. The third-order valence-electron chi connectivity index (χ3n) is 8.34. The summed E-state index contributed by atoms with van der Waals surface area (Å²) in [6, 6.07) is 13.9. The summed E-state index contributed by atoms with van der Waals surface area (Å²) in [5.74, 6) is 0.465. The molecule has 1 amide bonds. The largest absolute Gasteiger partial charge is 0.506 e. The summed E-state index contributed by atoms with van der Waals surface area (Å²) in [5, 5.41) is 12.2. The topological polar surface area (TPSA) is 97.6 Å². The summed E-state index contributed by atoms with van der Waals surface area (Å²) in [7, 11) is 0. The number of carbonyl (C=O) groups is 2. The molecule has 212 valence electrons. The van der Waals surface area contributed by atoms with Crippen molar-refractivity contribution in [3.63, 3.8) is 0 Å². The quantitative estimate of drug-likeness (QED) is 0.289. The second kappa shape index (κ2) is 12.0. The Labute approximate surface area is 239 Å². The minimum absolute atomic E-state index is 0.0288. The molecule has 1 saturated carbocycles. The van der Waals surface area contributed by atoms with Crippen LogP contribution in [-0.2, 0) is 35.3 Å². The van der Waals surface area contributed by atoms with E-state index in [0.717, 1.165) is 70.6 Å². The minimum Gasteiger partial charge on any atom is -0.450 e. The van der Waals surface area contributed by atoms with Crippen LogP contribution in [0.2, 0.25) is 0 Å². The molecule has 0 bridgehead atoms. The van der Waals surface area contributed by atoms with E-state index in [4.69, 9.17) is 9.84 Å². The fraction of sp³-hybridized carbons (Fsp3) is 0.469. The van der Waals surface area contributed by atoms with Crippen molar-refractivity contribution in [1.29, 1.82) is 0 Å². The van der Waals surface area contributed by atoms with Gasteiger partial charge in [-0.3, -0.25) is 14.2 Å². The van der Waals surface area contributed by atoms with Crippen LogP contribution in [0.25, 0.3) is 0 Å². The van der Waals surface area contributed by atoms with Gasteiger partial charge in [0.25, 0.3) is 0 Å². The highest BCUT2D eigenvalue weighted by Gasteiger charge is 2.33. The summed E-state index contributed by atoms with van der Waals surface area (Å²) in [6.07, 6.45) is 4.47. The summed E-state index contributed by atoms with van der Waals surface area (Å²) in [4.78, 5) is 38.8. The van der Waals surface area contributed by atoms with E-state index in [1.54, 1.807) is 0 Å². The Hall–Kier alpha value is -3.39. The maximum absolute atomic E-state index is 13.8. The van der Waals surface area contributed by atoms with Crippen LogP contribution in [0.1, 0.15) is 78.3 Å². The van der Waals surface area contributed by atoms with Crippen LogP contribution in [0.15, 0.2) is 47.3 Å². The maximum Gasteiger partial charge on any atom is 0.506 e. The van der Waals surface area contributed by atoms with Gasteiger partial charge < -0.3 is 15.2 Å². The van der Waals surface area contributed by atoms with E-state index < -0.39 is 12.3 Å². The van der Waals surface area contributed by atoms with Gasteiger partial charge in [0, 0.05) is 29.1 Å². The molecule has 2 aliphatic rings. The fourth-order valence-corrected chi connectivity index (χ4v) is 7.57. The van der Waals surface area contributed by atoms with E-state index in [-0.39, 0.29) is 22.6 Å². The van der Waals surface area contributed by atoms with Gasteiger partial charge >= 0.3 is 11.0 Å². The molecule has 2 unspecified atom stereocenters. The predicted octanol–water partition coefficient (Wildman–Crippen LogP) is 6.54. The molecule has 40 heavy (non-hydrogen) atoms. The van der Waals surface area contributed by atoms with E-state index in [0.29, 0.717) is 25.3 Å². The molecule has 0 radical (unpaired) electrons. The van der Waals surface area contributed by atoms with Gasteiger partial charge in [-0.15, -0.1) is 0 Å². The number of rotatable bonds is 9. The number of benzene rings is 2. The summed E-state index contributed by atoms with van der Waals surface area (Å²) in [6.45, 7) is 6.88. The highest BCUT2D eigenvalue weighted by atomic mass is 32.1. The zero-order valence-corrected chi connectivity index (χ0v) is 24.3. The summed E-state index contributed by atoms with van der Waals surface area (Å²) >= 11 is 1.35. The van der Waals surface area contributed by atoms with Gasteiger partial charge in [-0.2, -0.15) is 0 Å². The average Bonchev–Trinajstić information content (AvgIpc) is 3.62. The number of fused-ring (bicyclic) bond motifs is 1. The molecule has 1 aromatic heterocycles. The monoisotopic (exact) mass is 562 g/mol. The van der Waals surface area contributed by atoms with Crippen molar-refractivity contribution in [2.75, 3.05) is 5.32 Å². The summed E-state index contributed by atoms with van der Waals surface area (Å²) < 4.78 is 6.88. The number of anilines is 1. The number of carboxylic acid groups (broad SMARTS) is 1. The lowest BCUT2D eigenvalue weighted by molar-refractivity contribution is -0.118. The highest BCUT2D eigenvalue weighted by Crippen LogP contribution is 2.39. The van der Waals surface area contributed by atoms with Gasteiger partial charge in [0.1, 0.15) is 6.10 Å². The molecule has 2 atom stereocenters. The molecule has 0 spiro atoms. The smallest absolute Gasteiger partial charge is 0.450 e. The van der Waals surface area contributed by atoms with Crippen molar-refractivity contribution in [2.45, 2.75) is 84.3 Å². The van der Waals surface area contributed by atoms with Crippen LogP contribution in [0.3, 0.4) is 0 Å². The van der Waals surface area contributed by atoms with Crippen LogP contribution in [0.5, 0.6) is 0 Å². The highest BCUT2D eigenvalue weighted by molar-refractivity contribution is 7.09. The second-order valence-corrected chi connectivity index (χ2v) is 12.7. The number of carbonyl (C=O) groups excluding carboxylic acids is 1. The predicted molar refractivity (Wildman–Crippen MR) is 157 cm³/mol. The number of nitrogens with zero attached hydrogens (tertiary/aromatic N) is 1. The molecule has 0 aliphatic heterocycles. The molecular formula is C32H38N2O5S. The minimum atomic E-state index is -1.27. The van der Waals surface area contributed by atoms with Gasteiger partial charge in [0.05, 0.1) is 12.5 Å². The lowest BCUT2D eigenvalue weighted by Gasteiger charge is -2.24. The molecular weight excluding hydrogens is 524 g/mol. The Morgan fingerprint density at radius 2 is 1.82 bits per heavy atom. The molecule has 7 nitrogen and oxygen atoms in total. The number of amides is 1. The van der Waals surface area contributed by atoms with Crippen LogP contribution >= 0.6 is 11.3 Å². The van der Waals surface area contributed by atoms with E-state index >= 15 is 0 Å². The maximum atomic E-state index is 13.8. The second-order valence-electron chi connectivity index (χ2n) is 11.7. The van der Waals surface area contributed by atoms with Gasteiger partial charge in [-0.25, -0.2) is 4.79 Å². The average molecular weight is 563 g/mol. The van der Waals surface area contributed by atoms with Crippen molar-refractivity contribution in [2.24, 2.45) is 11.8 Å². The van der Waals surface area contributed by atoms with Crippen molar-refractivity contribution in [3.05, 3.63) is 85.0 Å². The van der Waals surface area contributed by atoms with Gasteiger partial charge in [-0.05, 0) is 66.3 Å². The Morgan fingerprint density at radius 1 is 1.10 bits per heavy atom. The Balaban J connectivity index is 1.35. The lowest BCUT2D eigenvalue weighted by atomic mass is 9.83. The van der Waals surface area contributed by atoms with E-state index in [1.807, 2.05) is 54.0 Å². The fourth-order valence-electron chi connectivity index (χ4n) is 6.37. The van der Waals surface area contributed by atoms with E-state index in [1.165, 1.54) is 11.3 Å². The standard InChI is InChI=1S/C32H38N2O5S/c1-19(2)15-28-20(3)34(31(36)40-28)18-21-11-13-23(14-12-21)29(22-7-4-5-8-22)30(35)33-27-10-6-9-24-16-25(17-26(24)27)39-32(37)38/h6,9-14,19,22,25,29H,4-5,7-8,15-18H2,1-3H3,(H,33,35)(H,37,38). The Bertz CT molecular complexity index is 1430. The van der Waals surface area contributed by atoms with Crippen molar-refractivity contribution in [1.82, 2.24) is 4.57 Å². The van der Waals surface area contributed by atoms with Gasteiger partial charge in [0.2, 0.25) is 5.91 Å². The zero-order valence-electron chi connectivity index (χ0n) is 23.4. The van der Waals surface area contributed by atoms with Crippen LogP contribution < -0.4 is 10.2 Å². The molecule has 5 rings (SSSR count). The van der Waals surface area contributed by atoms with Gasteiger partial charge in [0.15, 0.2) is 0 Å². The van der Waals surface area contributed by atoms with E-state index in [9.17, 15) is 14.4 Å². The van der Waals surface area contributed by atoms with Gasteiger partial charge in [-0.1, -0.05) is 74.4 Å². The first-order valence-electron chi connectivity index (χ1n) is 14.3.